The van der Waals surface area contributed by atoms with Crippen LogP contribution in [0.3, 0.4) is 0 Å². The third kappa shape index (κ3) is 3.83. The normalized spacial score (nSPS) is 29.1. The number of aliphatic hydroxyl groups is 1. The van der Waals surface area contributed by atoms with E-state index < -0.39 is 6.10 Å². The molecule has 2 unspecified atom stereocenters. The van der Waals surface area contributed by atoms with Crippen molar-refractivity contribution in [2.45, 2.75) is 37.8 Å². The van der Waals surface area contributed by atoms with Crippen molar-refractivity contribution < 1.29 is 9.90 Å². The number of nitrogens with one attached hydrogen (secondary N) is 1. The first-order valence-corrected chi connectivity index (χ1v) is 4.99. The van der Waals surface area contributed by atoms with E-state index in [0.29, 0.717) is 0 Å². The molecule has 0 radical (unpaired) electrons. The molecule has 0 aromatic heterocycles. The van der Waals surface area contributed by atoms with Crippen LogP contribution in [0.25, 0.3) is 0 Å². The topological polar surface area (TPSA) is 49.3 Å². The van der Waals surface area contributed by atoms with E-state index in [9.17, 15) is 9.90 Å². The van der Waals surface area contributed by atoms with Crippen LogP contribution in [0.1, 0.15) is 25.7 Å². The second-order valence-electron chi connectivity index (χ2n) is 3.26. The summed E-state index contributed by atoms with van der Waals surface area (Å²) >= 11 is 3.63. The highest BCUT2D eigenvalue weighted by Gasteiger charge is 2.18. The van der Waals surface area contributed by atoms with Crippen LogP contribution in [0, 0.1) is 0 Å². The SMILES string of the molecule is O=C(S)NC1CCCCC=CC1O. The number of allylic oxidation sites excluding steroid dienone is 1. The van der Waals surface area contributed by atoms with Gasteiger partial charge in [-0.2, -0.15) is 0 Å². The third-order valence-electron chi connectivity index (χ3n) is 2.19. The molecule has 0 aliphatic heterocycles. The van der Waals surface area contributed by atoms with Gasteiger partial charge in [0.25, 0.3) is 5.24 Å². The Hall–Kier alpha value is -0.480. The molecule has 0 aromatic rings. The van der Waals surface area contributed by atoms with Crippen LogP contribution in [-0.2, 0) is 0 Å². The maximum Gasteiger partial charge on any atom is 0.276 e. The summed E-state index contributed by atoms with van der Waals surface area (Å²) in [5.41, 5.74) is 0. The lowest BCUT2D eigenvalue weighted by Crippen LogP contribution is -2.40. The van der Waals surface area contributed by atoms with Crippen LogP contribution >= 0.6 is 12.6 Å². The molecule has 0 bridgehead atoms. The van der Waals surface area contributed by atoms with Crippen LogP contribution in [0.2, 0.25) is 0 Å². The van der Waals surface area contributed by atoms with Crippen molar-refractivity contribution >= 4 is 17.9 Å². The molecule has 74 valence electrons. The molecule has 2 atom stereocenters. The van der Waals surface area contributed by atoms with Crippen molar-refractivity contribution in [1.82, 2.24) is 5.32 Å². The molecule has 0 saturated heterocycles. The molecule has 2 N–H and O–H groups in total. The molecule has 13 heavy (non-hydrogen) atoms. The van der Waals surface area contributed by atoms with E-state index in [2.05, 4.69) is 17.9 Å². The fourth-order valence-corrected chi connectivity index (χ4v) is 1.65. The predicted molar refractivity (Wildman–Crippen MR) is 54.9 cm³/mol. The average Bonchev–Trinajstić information content (AvgIpc) is 2.04. The van der Waals surface area contributed by atoms with E-state index >= 15 is 0 Å². The summed E-state index contributed by atoms with van der Waals surface area (Å²) < 4.78 is 0. The van der Waals surface area contributed by atoms with Crippen LogP contribution in [0.5, 0.6) is 0 Å². The monoisotopic (exact) mass is 201 g/mol. The summed E-state index contributed by atoms with van der Waals surface area (Å²) in [5.74, 6) is 0. The average molecular weight is 201 g/mol. The molecule has 0 aromatic carbocycles. The standard InChI is InChI=1S/C9H15NO2S/c11-8-6-4-2-1-3-5-7(8)10-9(12)13/h4,6-8,11H,1-3,5H2,(H2,10,12,13). The van der Waals surface area contributed by atoms with Gasteiger partial charge in [0, 0.05) is 0 Å². The molecule has 1 rings (SSSR count). The third-order valence-corrected chi connectivity index (χ3v) is 2.32. The Balaban J connectivity index is 2.52. The number of carbonyl (C=O) groups excluding carboxylic acids is 1. The molecule has 1 amide bonds. The van der Waals surface area contributed by atoms with Gasteiger partial charge in [-0.1, -0.05) is 31.2 Å². The van der Waals surface area contributed by atoms with E-state index in [0.717, 1.165) is 25.7 Å². The van der Waals surface area contributed by atoms with Gasteiger partial charge < -0.3 is 10.4 Å². The minimum absolute atomic E-state index is 0.179. The highest BCUT2D eigenvalue weighted by atomic mass is 32.1. The Labute approximate surface area is 83.6 Å². The number of hydrogen-bond acceptors (Lipinski definition) is 2. The Morgan fingerprint density at radius 3 is 3.00 bits per heavy atom. The van der Waals surface area contributed by atoms with Gasteiger partial charge in [0.1, 0.15) is 0 Å². The van der Waals surface area contributed by atoms with Gasteiger partial charge in [-0.25, -0.2) is 0 Å². The molecular weight excluding hydrogens is 186 g/mol. The molecule has 4 heteroatoms. The quantitative estimate of drug-likeness (QED) is 0.444. The molecule has 0 spiro atoms. The number of thiol groups is 1. The molecule has 3 nitrogen and oxygen atoms in total. The van der Waals surface area contributed by atoms with E-state index in [1.165, 1.54) is 0 Å². The zero-order valence-corrected chi connectivity index (χ0v) is 8.33. The maximum absolute atomic E-state index is 10.7. The van der Waals surface area contributed by atoms with Crippen molar-refractivity contribution in [3.63, 3.8) is 0 Å². The summed E-state index contributed by atoms with van der Waals surface area (Å²) in [6.07, 6.45) is 7.10. The highest BCUT2D eigenvalue weighted by molar-refractivity contribution is 7.96. The Morgan fingerprint density at radius 2 is 2.31 bits per heavy atom. The number of amides is 1. The van der Waals surface area contributed by atoms with Gasteiger partial charge in [0.2, 0.25) is 0 Å². The predicted octanol–water partition coefficient (Wildman–Crippen LogP) is 1.49. The Kier molecular flexibility index (Phi) is 4.32. The number of hydrogen-bond donors (Lipinski definition) is 3. The smallest absolute Gasteiger partial charge is 0.276 e. The largest absolute Gasteiger partial charge is 0.387 e. The lowest BCUT2D eigenvalue weighted by Gasteiger charge is -2.22. The maximum atomic E-state index is 10.7. The van der Waals surface area contributed by atoms with Gasteiger partial charge >= 0.3 is 0 Å². The molecule has 1 aliphatic carbocycles. The minimum atomic E-state index is -0.573. The summed E-state index contributed by atoms with van der Waals surface area (Å²) in [7, 11) is 0. The van der Waals surface area contributed by atoms with Crippen molar-refractivity contribution in [3.8, 4) is 0 Å². The van der Waals surface area contributed by atoms with Crippen molar-refractivity contribution in [2.24, 2.45) is 0 Å². The van der Waals surface area contributed by atoms with Crippen molar-refractivity contribution in [2.75, 3.05) is 0 Å². The van der Waals surface area contributed by atoms with E-state index in [-0.39, 0.29) is 11.3 Å². The summed E-state index contributed by atoms with van der Waals surface area (Å²) in [6.45, 7) is 0. The Morgan fingerprint density at radius 1 is 1.54 bits per heavy atom. The fourth-order valence-electron chi connectivity index (χ4n) is 1.48. The van der Waals surface area contributed by atoms with Crippen LogP contribution in [0.15, 0.2) is 12.2 Å². The number of aliphatic hydroxyl groups excluding tert-OH is 1. The molecule has 1 aliphatic rings. The lowest BCUT2D eigenvalue weighted by molar-refractivity contribution is 0.166. The molecule has 0 heterocycles. The second-order valence-corrected chi connectivity index (χ2v) is 3.67. The van der Waals surface area contributed by atoms with Crippen molar-refractivity contribution in [3.05, 3.63) is 12.2 Å². The molecule has 0 saturated carbocycles. The van der Waals surface area contributed by atoms with Crippen LogP contribution in [-0.4, -0.2) is 22.5 Å². The number of carbonyl (C=O) groups is 1. The van der Waals surface area contributed by atoms with Gasteiger partial charge in [-0.3, -0.25) is 4.79 Å². The van der Waals surface area contributed by atoms with Gasteiger partial charge in [0.05, 0.1) is 12.1 Å². The molecule has 0 fully saturated rings. The fraction of sp³-hybridized carbons (Fsp3) is 0.667. The lowest BCUT2D eigenvalue weighted by atomic mass is 9.99. The first-order valence-electron chi connectivity index (χ1n) is 4.54. The minimum Gasteiger partial charge on any atom is -0.387 e. The van der Waals surface area contributed by atoms with Gasteiger partial charge in [-0.05, 0) is 19.3 Å². The highest BCUT2D eigenvalue weighted by Crippen LogP contribution is 2.12. The van der Waals surface area contributed by atoms with Crippen LogP contribution in [0.4, 0.5) is 4.79 Å². The summed E-state index contributed by atoms with van der Waals surface area (Å²) in [4.78, 5) is 10.7. The van der Waals surface area contributed by atoms with Gasteiger partial charge in [-0.15, -0.1) is 0 Å². The first kappa shape index (κ1) is 10.6. The summed E-state index contributed by atoms with van der Waals surface area (Å²) in [5, 5.41) is 11.8. The van der Waals surface area contributed by atoms with Gasteiger partial charge in [0.15, 0.2) is 0 Å². The summed E-state index contributed by atoms with van der Waals surface area (Å²) in [6, 6.07) is -0.179. The number of rotatable bonds is 1. The van der Waals surface area contributed by atoms with Crippen molar-refractivity contribution in [1.29, 1.82) is 0 Å². The Bertz CT molecular complexity index is 206. The molecular formula is C9H15NO2S. The van der Waals surface area contributed by atoms with E-state index in [4.69, 9.17) is 0 Å². The zero-order valence-electron chi connectivity index (χ0n) is 7.44. The van der Waals surface area contributed by atoms with E-state index in [1.807, 2.05) is 6.08 Å². The second kappa shape index (κ2) is 5.29. The first-order chi connectivity index (χ1) is 6.20. The van der Waals surface area contributed by atoms with Crippen LogP contribution < -0.4 is 5.32 Å². The zero-order chi connectivity index (χ0) is 9.68. The van der Waals surface area contributed by atoms with E-state index in [1.54, 1.807) is 6.08 Å².